The molecular weight excluding hydrogens is 188 g/mol. The average molecular weight is 198 g/mol. The van der Waals surface area contributed by atoms with Crippen molar-refractivity contribution >= 4 is 11.9 Å². The maximum absolute atomic E-state index is 10.9. The highest BCUT2D eigenvalue weighted by Gasteiger charge is 2.03. The molecule has 0 unspecified atom stereocenters. The Morgan fingerprint density at radius 2 is 2.36 bits per heavy atom. The lowest BCUT2D eigenvalue weighted by Gasteiger charge is -2.00. The van der Waals surface area contributed by atoms with Crippen LogP contribution in [-0.2, 0) is 11.3 Å². The first-order valence-corrected chi connectivity index (χ1v) is 3.88. The van der Waals surface area contributed by atoms with Crippen LogP contribution in [0.3, 0.4) is 0 Å². The number of nitrogens with zero attached hydrogens (tertiary/aromatic N) is 1. The predicted octanol–water partition coefficient (Wildman–Crippen LogP) is -1.04. The van der Waals surface area contributed by atoms with Gasteiger partial charge in [-0.25, -0.2) is 4.79 Å². The van der Waals surface area contributed by atoms with Crippen LogP contribution in [0.25, 0.3) is 0 Å². The van der Waals surface area contributed by atoms with Crippen molar-refractivity contribution in [3.63, 3.8) is 0 Å². The fourth-order valence-corrected chi connectivity index (χ4v) is 0.814. The summed E-state index contributed by atoms with van der Waals surface area (Å²) in [6, 6.07) is 0.801. The molecule has 0 radical (unpaired) electrons. The van der Waals surface area contributed by atoms with Gasteiger partial charge in [0, 0.05) is 6.07 Å². The highest BCUT2D eigenvalue weighted by molar-refractivity contribution is 5.94. The highest BCUT2D eigenvalue weighted by Crippen LogP contribution is 1.93. The van der Waals surface area contributed by atoms with Crippen LogP contribution in [0.4, 0.5) is 4.79 Å². The van der Waals surface area contributed by atoms with Gasteiger partial charge in [-0.3, -0.25) is 10.1 Å². The van der Waals surface area contributed by atoms with Crippen LogP contribution >= 0.6 is 0 Å². The number of carbonyl (C=O) groups excluding carboxylic acids is 2. The SMILES string of the molecule is NC(=O)NC(=O)CNCc1ccno1. The van der Waals surface area contributed by atoms with Gasteiger partial charge in [-0.2, -0.15) is 0 Å². The third kappa shape index (κ3) is 3.68. The zero-order chi connectivity index (χ0) is 10.4. The molecule has 76 valence electrons. The van der Waals surface area contributed by atoms with Gasteiger partial charge in [0.2, 0.25) is 5.91 Å². The summed E-state index contributed by atoms with van der Waals surface area (Å²) in [6.45, 7) is 0.357. The molecule has 0 aliphatic carbocycles. The van der Waals surface area contributed by atoms with Gasteiger partial charge in [0.15, 0.2) is 0 Å². The number of hydrogen-bond donors (Lipinski definition) is 3. The van der Waals surface area contributed by atoms with E-state index in [0.717, 1.165) is 0 Å². The van der Waals surface area contributed by atoms with Crippen LogP contribution in [0.1, 0.15) is 5.76 Å². The number of imide groups is 1. The van der Waals surface area contributed by atoms with Gasteiger partial charge in [0.25, 0.3) is 0 Å². The highest BCUT2D eigenvalue weighted by atomic mass is 16.5. The molecule has 0 aromatic carbocycles. The average Bonchev–Trinajstić information content (AvgIpc) is 2.55. The predicted molar refractivity (Wildman–Crippen MR) is 45.9 cm³/mol. The molecule has 4 N–H and O–H groups in total. The summed E-state index contributed by atoms with van der Waals surface area (Å²) in [6.07, 6.45) is 1.50. The van der Waals surface area contributed by atoms with Crippen molar-refractivity contribution < 1.29 is 14.1 Å². The van der Waals surface area contributed by atoms with E-state index in [-0.39, 0.29) is 6.54 Å². The van der Waals surface area contributed by atoms with Crippen LogP contribution in [-0.4, -0.2) is 23.6 Å². The van der Waals surface area contributed by atoms with E-state index in [2.05, 4.69) is 10.5 Å². The van der Waals surface area contributed by atoms with E-state index in [1.54, 1.807) is 6.07 Å². The Kier molecular flexibility index (Phi) is 3.62. The summed E-state index contributed by atoms with van der Waals surface area (Å²) in [5.74, 6) is 0.119. The number of urea groups is 1. The Balaban J connectivity index is 2.15. The van der Waals surface area contributed by atoms with Gasteiger partial charge in [0.1, 0.15) is 5.76 Å². The quantitative estimate of drug-likeness (QED) is 0.572. The van der Waals surface area contributed by atoms with E-state index in [9.17, 15) is 9.59 Å². The van der Waals surface area contributed by atoms with E-state index >= 15 is 0 Å². The monoisotopic (exact) mass is 198 g/mol. The Labute approximate surface area is 79.6 Å². The maximum Gasteiger partial charge on any atom is 0.318 e. The molecule has 0 aliphatic heterocycles. The molecule has 0 saturated carbocycles. The minimum Gasteiger partial charge on any atom is -0.360 e. The number of rotatable bonds is 4. The Bertz CT molecular complexity index is 309. The third-order valence-electron chi connectivity index (χ3n) is 1.34. The Morgan fingerprint density at radius 1 is 1.57 bits per heavy atom. The van der Waals surface area contributed by atoms with Crippen LogP contribution in [0.5, 0.6) is 0 Å². The fourth-order valence-electron chi connectivity index (χ4n) is 0.814. The minimum atomic E-state index is -0.864. The van der Waals surface area contributed by atoms with Gasteiger partial charge in [-0.15, -0.1) is 0 Å². The van der Waals surface area contributed by atoms with Crippen molar-refractivity contribution in [2.45, 2.75) is 6.54 Å². The normalized spacial score (nSPS) is 9.71. The van der Waals surface area contributed by atoms with Crippen LogP contribution in [0.15, 0.2) is 16.8 Å². The maximum atomic E-state index is 10.9. The number of primary amides is 1. The van der Waals surface area contributed by atoms with E-state index in [4.69, 9.17) is 10.3 Å². The molecule has 3 amide bonds. The smallest absolute Gasteiger partial charge is 0.318 e. The van der Waals surface area contributed by atoms with E-state index < -0.39 is 11.9 Å². The zero-order valence-corrected chi connectivity index (χ0v) is 7.32. The first-order chi connectivity index (χ1) is 6.68. The van der Waals surface area contributed by atoms with Crippen molar-refractivity contribution in [3.8, 4) is 0 Å². The van der Waals surface area contributed by atoms with Crippen molar-refractivity contribution in [3.05, 3.63) is 18.0 Å². The zero-order valence-electron chi connectivity index (χ0n) is 7.32. The second-order valence-electron chi connectivity index (χ2n) is 2.49. The van der Waals surface area contributed by atoms with Gasteiger partial charge in [-0.05, 0) is 0 Å². The van der Waals surface area contributed by atoms with Gasteiger partial charge in [0.05, 0.1) is 19.3 Å². The first kappa shape index (κ1) is 10.2. The van der Waals surface area contributed by atoms with Gasteiger partial charge in [-0.1, -0.05) is 5.16 Å². The lowest BCUT2D eigenvalue weighted by Crippen LogP contribution is -2.40. The standard InChI is InChI=1S/C7H10N4O3/c8-7(13)11-6(12)4-9-3-5-1-2-10-14-5/h1-2,9H,3-4H2,(H3,8,11,12,13). The fraction of sp³-hybridized carbons (Fsp3) is 0.286. The number of hydrogen-bond acceptors (Lipinski definition) is 5. The minimum absolute atomic E-state index is 0.0103. The molecule has 7 heteroatoms. The molecule has 7 nitrogen and oxygen atoms in total. The van der Waals surface area contributed by atoms with Crippen LogP contribution in [0, 0.1) is 0 Å². The summed E-state index contributed by atoms with van der Waals surface area (Å²) in [4.78, 5) is 21.1. The van der Waals surface area contributed by atoms with Gasteiger partial charge < -0.3 is 15.6 Å². The van der Waals surface area contributed by atoms with Crippen LogP contribution < -0.4 is 16.4 Å². The number of nitrogens with one attached hydrogen (secondary N) is 2. The molecule has 14 heavy (non-hydrogen) atoms. The molecule has 0 aliphatic rings. The largest absolute Gasteiger partial charge is 0.360 e. The summed E-state index contributed by atoms with van der Waals surface area (Å²) >= 11 is 0. The molecule has 0 saturated heterocycles. The van der Waals surface area contributed by atoms with Gasteiger partial charge >= 0.3 is 6.03 Å². The summed E-state index contributed by atoms with van der Waals surface area (Å²) in [5, 5.41) is 8.13. The molecule has 0 atom stereocenters. The van der Waals surface area contributed by atoms with Crippen molar-refractivity contribution in [1.29, 1.82) is 0 Å². The summed E-state index contributed by atoms with van der Waals surface area (Å²) in [7, 11) is 0. The van der Waals surface area contributed by atoms with Crippen molar-refractivity contribution in [1.82, 2.24) is 15.8 Å². The Morgan fingerprint density at radius 3 is 2.93 bits per heavy atom. The molecule has 0 fully saturated rings. The second-order valence-corrected chi connectivity index (χ2v) is 2.49. The lowest BCUT2D eigenvalue weighted by atomic mass is 10.4. The third-order valence-corrected chi connectivity index (χ3v) is 1.34. The molecule has 1 heterocycles. The number of nitrogens with two attached hydrogens (primary N) is 1. The lowest BCUT2D eigenvalue weighted by molar-refractivity contribution is -0.119. The first-order valence-electron chi connectivity index (χ1n) is 3.88. The van der Waals surface area contributed by atoms with Crippen molar-refractivity contribution in [2.75, 3.05) is 6.54 Å². The molecule has 1 aromatic rings. The molecule has 1 aromatic heterocycles. The Hall–Kier alpha value is -1.89. The molecular formula is C7H10N4O3. The van der Waals surface area contributed by atoms with Crippen molar-refractivity contribution in [2.24, 2.45) is 5.73 Å². The topological polar surface area (TPSA) is 110 Å². The van der Waals surface area contributed by atoms with E-state index in [1.165, 1.54) is 6.20 Å². The van der Waals surface area contributed by atoms with E-state index in [0.29, 0.717) is 12.3 Å². The number of aromatic nitrogens is 1. The molecule has 1 rings (SSSR count). The van der Waals surface area contributed by atoms with E-state index in [1.807, 2.05) is 5.32 Å². The van der Waals surface area contributed by atoms with Crippen LogP contribution in [0.2, 0.25) is 0 Å². The number of amides is 3. The second kappa shape index (κ2) is 4.97. The summed E-state index contributed by atoms with van der Waals surface area (Å²) < 4.78 is 4.76. The summed E-state index contributed by atoms with van der Waals surface area (Å²) in [5.41, 5.74) is 4.73. The number of carbonyl (C=O) groups is 2. The molecule has 0 spiro atoms. The molecule has 0 bridgehead atoms.